The van der Waals surface area contributed by atoms with Crippen molar-refractivity contribution in [3.63, 3.8) is 0 Å². The van der Waals surface area contributed by atoms with E-state index in [0.717, 1.165) is 59.0 Å². The van der Waals surface area contributed by atoms with Gasteiger partial charge in [0, 0.05) is 36.1 Å². The summed E-state index contributed by atoms with van der Waals surface area (Å²) >= 11 is 0. The van der Waals surface area contributed by atoms with Crippen molar-refractivity contribution in [3.8, 4) is 11.3 Å². The first-order valence-electron chi connectivity index (χ1n) is 13.6. The summed E-state index contributed by atoms with van der Waals surface area (Å²) in [7, 11) is 0. The number of likely N-dealkylation sites (tertiary alicyclic amines) is 1. The number of hydrogen-bond donors (Lipinski definition) is 1. The Hall–Kier alpha value is -3.18. The third-order valence-electron chi connectivity index (χ3n) is 8.64. The molecule has 4 aliphatic heterocycles. The van der Waals surface area contributed by atoms with Gasteiger partial charge in [-0.25, -0.2) is 9.97 Å². The van der Waals surface area contributed by atoms with Gasteiger partial charge in [-0.3, -0.25) is 19.8 Å². The fourth-order valence-corrected chi connectivity index (χ4v) is 6.57. The normalized spacial score (nSPS) is 26.1. The number of aryl methyl sites for hydroxylation is 1. The van der Waals surface area contributed by atoms with Crippen molar-refractivity contribution in [2.24, 2.45) is 0 Å². The molecule has 1 N–H and O–H groups in total. The van der Waals surface area contributed by atoms with Crippen molar-refractivity contribution >= 4 is 23.0 Å². The second-order valence-corrected chi connectivity index (χ2v) is 11.3. The zero-order valence-corrected chi connectivity index (χ0v) is 21.6. The number of imidazole rings is 1. The number of benzene rings is 1. The average Bonchev–Trinajstić information content (AvgIpc) is 3.56. The number of imide groups is 1. The number of rotatable bonds is 5. The average molecular weight is 517 g/mol. The largest absolute Gasteiger partial charge is 0.632 e. The Morgan fingerprint density at radius 2 is 1.89 bits per heavy atom. The molecule has 2 atom stereocenters. The first-order valence-corrected chi connectivity index (χ1v) is 13.6. The Morgan fingerprint density at radius 3 is 2.63 bits per heavy atom. The van der Waals surface area contributed by atoms with E-state index in [9.17, 15) is 14.8 Å². The van der Waals surface area contributed by atoms with Crippen molar-refractivity contribution in [2.75, 3.05) is 26.3 Å². The van der Waals surface area contributed by atoms with Gasteiger partial charge >= 0.3 is 0 Å². The van der Waals surface area contributed by atoms with Crippen molar-refractivity contribution < 1.29 is 19.0 Å². The molecular weight excluding hydrogens is 484 g/mol. The molecule has 7 rings (SSSR count). The van der Waals surface area contributed by atoms with Gasteiger partial charge in [-0.15, -0.1) is 0 Å². The summed E-state index contributed by atoms with van der Waals surface area (Å²) in [5, 5.41) is 16.1. The van der Waals surface area contributed by atoms with Crippen LogP contribution in [0.4, 0.5) is 0 Å². The van der Waals surface area contributed by atoms with E-state index in [4.69, 9.17) is 14.7 Å². The molecular formula is C28H32N6O4. The molecule has 3 saturated heterocycles. The van der Waals surface area contributed by atoms with Gasteiger partial charge in [0.15, 0.2) is 11.7 Å². The number of carbonyl (C=O) groups is 2. The molecule has 198 valence electrons. The smallest absolute Gasteiger partial charge is 0.285 e. The Balaban J connectivity index is 1.26. The standard InChI is InChI=1S/C28H32N6O4/c1-17-29-26-20(12-32-8-2-3-9-32)11-23(30-27(26)33(17)22-15-38-16-22)18-4-5-19-13-34(37,14-21(19)10-18)24-6-7-25(35)31-28(24)36/h4-5,10-11,22,24H,2-3,6-9,12-16H2,1H3,(H,31,35,36). The predicted molar refractivity (Wildman–Crippen MR) is 139 cm³/mol. The van der Waals surface area contributed by atoms with E-state index < -0.39 is 16.6 Å². The first-order chi connectivity index (χ1) is 18.4. The van der Waals surface area contributed by atoms with Gasteiger partial charge in [0.25, 0.3) is 5.91 Å². The molecule has 0 aliphatic carbocycles. The first kappa shape index (κ1) is 23.9. The number of amides is 2. The van der Waals surface area contributed by atoms with Crippen molar-refractivity contribution in [3.05, 3.63) is 52.0 Å². The van der Waals surface area contributed by atoms with E-state index in [1.165, 1.54) is 18.4 Å². The Morgan fingerprint density at radius 1 is 1.11 bits per heavy atom. The Kier molecular flexibility index (Phi) is 5.63. The number of fused-ring (bicyclic) bond motifs is 2. The molecule has 2 unspecified atom stereocenters. The van der Waals surface area contributed by atoms with Crippen LogP contribution in [0.1, 0.15) is 54.2 Å². The van der Waals surface area contributed by atoms with Crippen LogP contribution in [0.2, 0.25) is 0 Å². The molecule has 10 nitrogen and oxygen atoms in total. The summed E-state index contributed by atoms with van der Waals surface area (Å²) in [4.78, 5) is 36.6. The van der Waals surface area contributed by atoms with Crippen LogP contribution in [0.25, 0.3) is 22.4 Å². The van der Waals surface area contributed by atoms with Crippen LogP contribution in [0, 0.1) is 12.1 Å². The van der Waals surface area contributed by atoms with E-state index in [1.807, 2.05) is 19.1 Å². The molecule has 0 bridgehead atoms. The van der Waals surface area contributed by atoms with Gasteiger partial charge in [-0.1, -0.05) is 12.1 Å². The number of nitrogens with one attached hydrogen (secondary N) is 1. The minimum atomic E-state index is -0.757. The zero-order valence-electron chi connectivity index (χ0n) is 21.6. The number of quaternary nitrogens is 1. The molecule has 3 aromatic rings. The zero-order chi connectivity index (χ0) is 26.0. The second kappa shape index (κ2) is 8.94. The number of pyridine rings is 1. The third-order valence-corrected chi connectivity index (χ3v) is 8.64. The topological polar surface area (TPSA) is 112 Å². The van der Waals surface area contributed by atoms with Crippen LogP contribution in [0.5, 0.6) is 0 Å². The van der Waals surface area contributed by atoms with Crippen LogP contribution in [0.15, 0.2) is 24.3 Å². The lowest BCUT2D eigenvalue weighted by Crippen LogP contribution is -2.58. The van der Waals surface area contributed by atoms with Crippen LogP contribution in [-0.4, -0.2) is 68.2 Å². The summed E-state index contributed by atoms with van der Waals surface area (Å²) < 4.78 is 7.06. The van der Waals surface area contributed by atoms with Crippen LogP contribution >= 0.6 is 0 Å². The Bertz CT molecular complexity index is 1460. The highest BCUT2D eigenvalue weighted by molar-refractivity contribution is 5.99. The molecule has 4 aliphatic rings. The van der Waals surface area contributed by atoms with Crippen LogP contribution in [0.3, 0.4) is 0 Å². The highest BCUT2D eigenvalue weighted by Gasteiger charge is 2.43. The third kappa shape index (κ3) is 3.94. The molecule has 0 saturated carbocycles. The number of piperidine rings is 1. The molecule has 2 amide bonds. The van der Waals surface area contributed by atoms with Crippen molar-refractivity contribution in [2.45, 2.75) is 64.3 Å². The lowest BCUT2D eigenvalue weighted by atomic mass is 10.0. The van der Waals surface area contributed by atoms with E-state index in [-0.39, 0.29) is 31.5 Å². The molecule has 0 spiro atoms. The van der Waals surface area contributed by atoms with Gasteiger partial charge in [0.2, 0.25) is 5.91 Å². The van der Waals surface area contributed by atoms with Crippen LogP contribution in [-0.2, 0) is 34.0 Å². The Labute approximate surface area is 220 Å². The van der Waals surface area contributed by atoms with E-state index in [1.54, 1.807) is 0 Å². The highest BCUT2D eigenvalue weighted by atomic mass is 16.5. The maximum atomic E-state index is 13.8. The number of ether oxygens (including phenoxy) is 1. The molecule has 2 aromatic heterocycles. The summed E-state index contributed by atoms with van der Waals surface area (Å²) in [6.45, 7) is 6.86. The quantitative estimate of drug-likeness (QED) is 0.315. The minimum Gasteiger partial charge on any atom is -0.632 e. The highest BCUT2D eigenvalue weighted by Crippen LogP contribution is 2.37. The minimum absolute atomic E-state index is 0.211. The SMILES string of the molecule is Cc1nc2c(CN3CCCC3)cc(-c3ccc4c(c3)C[N+]([O-])(C3CCC(=O)NC3=O)C4)nc2n1C1COC1. The summed E-state index contributed by atoms with van der Waals surface area (Å²) in [6, 6.07) is 7.74. The molecule has 0 radical (unpaired) electrons. The molecule has 6 heterocycles. The van der Waals surface area contributed by atoms with E-state index in [2.05, 4.69) is 26.9 Å². The maximum Gasteiger partial charge on any atom is 0.285 e. The fourth-order valence-electron chi connectivity index (χ4n) is 6.57. The summed E-state index contributed by atoms with van der Waals surface area (Å²) in [5.74, 6) is 0.199. The molecule has 38 heavy (non-hydrogen) atoms. The molecule has 10 heteroatoms. The van der Waals surface area contributed by atoms with Gasteiger partial charge in [-0.2, -0.15) is 0 Å². The van der Waals surface area contributed by atoms with Gasteiger partial charge in [-0.05, 0) is 50.6 Å². The molecule has 1 aromatic carbocycles. The maximum absolute atomic E-state index is 13.8. The van der Waals surface area contributed by atoms with Crippen molar-refractivity contribution in [1.82, 2.24) is 24.8 Å². The monoisotopic (exact) mass is 516 g/mol. The number of hydrogen-bond acceptors (Lipinski definition) is 7. The summed E-state index contributed by atoms with van der Waals surface area (Å²) in [6.07, 6.45) is 2.95. The van der Waals surface area contributed by atoms with Gasteiger partial charge in [0.05, 0.1) is 24.9 Å². The lowest BCUT2D eigenvalue weighted by molar-refractivity contribution is -0.916. The van der Waals surface area contributed by atoms with Crippen molar-refractivity contribution in [1.29, 1.82) is 0 Å². The van der Waals surface area contributed by atoms with Gasteiger partial charge in [0.1, 0.15) is 24.4 Å². The van der Waals surface area contributed by atoms with E-state index >= 15 is 0 Å². The molecule has 3 fully saturated rings. The second-order valence-electron chi connectivity index (χ2n) is 11.3. The summed E-state index contributed by atoms with van der Waals surface area (Å²) in [5.41, 5.74) is 6.75. The lowest BCUT2D eigenvalue weighted by Gasteiger charge is -2.45. The number of hydroxylamine groups is 3. The van der Waals surface area contributed by atoms with Crippen LogP contribution < -0.4 is 5.32 Å². The number of nitrogens with zero attached hydrogens (tertiary/aromatic N) is 5. The predicted octanol–water partition coefficient (Wildman–Crippen LogP) is 2.71. The number of carbonyl (C=O) groups excluding carboxylic acids is 2. The van der Waals surface area contributed by atoms with E-state index in [0.29, 0.717) is 19.6 Å². The fraction of sp³-hybridized carbons (Fsp3) is 0.500. The number of aromatic nitrogens is 3. The van der Waals surface area contributed by atoms with Gasteiger partial charge < -0.3 is 19.2 Å².